The average molecular weight is 291 g/mol. The molecule has 0 atom stereocenters. The predicted molar refractivity (Wildman–Crippen MR) is 77.9 cm³/mol. The van der Waals surface area contributed by atoms with Crippen LogP contribution in [0.2, 0.25) is 0 Å². The van der Waals surface area contributed by atoms with E-state index in [0.29, 0.717) is 4.90 Å². The highest BCUT2D eigenvalue weighted by Crippen LogP contribution is 2.33. The Labute approximate surface area is 118 Å². The maximum Gasteiger partial charge on any atom is 0.244 e. The van der Waals surface area contributed by atoms with E-state index in [4.69, 9.17) is 5.11 Å². The molecule has 3 rings (SSSR count). The molecule has 2 aromatic rings. The van der Waals surface area contributed by atoms with Gasteiger partial charge in [0.15, 0.2) is 0 Å². The predicted octanol–water partition coefficient (Wildman–Crippen LogP) is 1.99. The van der Waals surface area contributed by atoms with E-state index in [-0.39, 0.29) is 19.2 Å². The Kier molecular flexibility index (Phi) is 3.50. The Balaban J connectivity index is 2.13. The third kappa shape index (κ3) is 2.32. The Bertz CT molecular complexity index is 717. The summed E-state index contributed by atoms with van der Waals surface area (Å²) in [5.74, 6) is 0. The summed E-state index contributed by atoms with van der Waals surface area (Å²) in [5.41, 5.74) is 0. The SMILES string of the molecule is O=S(=O)(c1cccc2ccccc12)N(CCO)C1CC1. The van der Waals surface area contributed by atoms with Gasteiger partial charge in [0.1, 0.15) is 0 Å². The van der Waals surface area contributed by atoms with Crippen LogP contribution in [0.1, 0.15) is 12.8 Å². The van der Waals surface area contributed by atoms with Crippen LogP contribution in [0.5, 0.6) is 0 Å². The van der Waals surface area contributed by atoms with Crippen LogP contribution in [0, 0.1) is 0 Å². The van der Waals surface area contributed by atoms with Gasteiger partial charge in [-0.3, -0.25) is 0 Å². The second kappa shape index (κ2) is 5.16. The smallest absolute Gasteiger partial charge is 0.244 e. The number of rotatable bonds is 5. The van der Waals surface area contributed by atoms with Crippen molar-refractivity contribution in [1.82, 2.24) is 4.31 Å². The largest absolute Gasteiger partial charge is 0.395 e. The highest BCUT2D eigenvalue weighted by molar-refractivity contribution is 7.89. The number of fused-ring (bicyclic) bond motifs is 1. The lowest BCUT2D eigenvalue weighted by Gasteiger charge is -2.21. The van der Waals surface area contributed by atoms with Gasteiger partial charge in [0.25, 0.3) is 0 Å². The van der Waals surface area contributed by atoms with Crippen molar-refractivity contribution in [2.75, 3.05) is 13.2 Å². The summed E-state index contributed by atoms with van der Waals surface area (Å²) >= 11 is 0. The fourth-order valence-electron chi connectivity index (χ4n) is 2.51. The molecule has 0 aromatic heterocycles. The van der Waals surface area contributed by atoms with Crippen LogP contribution in [0.15, 0.2) is 47.4 Å². The number of aliphatic hydroxyl groups excluding tert-OH is 1. The van der Waals surface area contributed by atoms with E-state index in [9.17, 15) is 8.42 Å². The Morgan fingerprint density at radius 3 is 2.50 bits per heavy atom. The third-order valence-electron chi connectivity index (χ3n) is 3.61. The molecule has 106 valence electrons. The number of benzene rings is 2. The fourth-order valence-corrected chi connectivity index (χ4v) is 4.40. The second-order valence-corrected chi connectivity index (χ2v) is 6.91. The average Bonchev–Trinajstić information content (AvgIpc) is 3.28. The van der Waals surface area contributed by atoms with Crippen LogP contribution in [-0.4, -0.2) is 37.0 Å². The molecule has 1 aliphatic rings. The lowest BCUT2D eigenvalue weighted by molar-refractivity contribution is 0.250. The van der Waals surface area contributed by atoms with Crippen LogP contribution in [0.25, 0.3) is 10.8 Å². The molecule has 1 N–H and O–H groups in total. The Morgan fingerprint density at radius 1 is 1.10 bits per heavy atom. The number of hydrogen-bond acceptors (Lipinski definition) is 3. The summed E-state index contributed by atoms with van der Waals surface area (Å²) in [5, 5.41) is 10.8. The van der Waals surface area contributed by atoms with E-state index in [1.165, 1.54) is 4.31 Å². The standard InChI is InChI=1S/C15H17NO3S/c17-11-10-16(13-8-9-13)20(18,19)15-7-3-5-12-4-1-2-6-14(12)15/h1-7,13,17H,8-11H2. The number of aliphatic hydroxyl groups is 1. The van der Waals surface area contributed by atoms with E-state index >= 15 is 0 Å². The van der Waals surface area contributed by atoms with Gasteiger partial charge in [0, 0.05) is 18.0 Å². The highest BCUT2D eigenvalue weighted by Gasteiger charge is 2.38. The van der Waals surface area contributed by atoms with E-state index < -0.39 is 10.0 Å². The minimum Gasteiger partial charge on any atom is -0.395 e. The van der Waals surface area contributed by atoms with Crippen LogP contribution in [0.4, 0.5) is 0 Å². The molecule has 5 heteroatoms. The van der Waals surface area contributed by atoms with Gasteiger partial charge < -0.3 is 5.11 Å². The molecule has 0 unspecified atom stereocenters. The molecule has 1 aliphatic carbocycles. The first-order valence-electron chi connectivity index (χ1n) is 6.75. The number of nitrogens with zero attached hydrogens (tertiary/aromatic N) is 1. The summed E-state index contributed by atoms with van der Waals surface area (Å²) in [6, 6.07) is 12.8. The molecule has 1 fully saturated rings. The minimum atomic E-state index is -3.55. The summed E-state index contributed by atoms with van der Waals surface area (Å²) in [4.78, 5) is 0.330. The van der Waals surface area contributed by atoms with Crippen molar-refractivity contribution in [3.8, 4) is 0 Å². The molecule has 0 heterocycles. The molecule has 4 nitrogen and oxygen atoms in total. The molecular formula is C15H17NO3S. The van der Waals surface area contributed by atoms with Gasteiger partial charge in [-0.15, -0.1) is 0 Å². The molecule has 0 spiro atoms. The molecule has 0 radical (unpaired) electrons. The first-order valence-corrected chi connectivity index (χ1v) is 8.19. The van der Waals surface area contributed by atoms with E-state index in [1.807, 2.05) is 30.3 Å². The quantitative estimate of drug-likeness (QED) is 0.916. The summed E-state index contributed by atoms with van der Waals surface area (Å²) in [6.45, 7) is 0.0106. The second-order valence-electron chi connectivity index (χ2n) is 5.05. The molecule has 0 aliphatic heterocycles. The van der Waals surface area contributed by atoms with Crippen molar-refractivity contribution in [3.05, 3.63) is 42.5 Å². The molecule has 20 heavy (non-hydrogen) atoms. The van der Waals surface area contributed by atoms with Gasteiger partial charge in [-0.2, -0.15) is 4.31 Å². The Morgan fingerprint density at radius 2 is 1.80 bits per heavy atom. The highest BCUT2D eigenvalue weighted by atomic mass is 32.2. The van der Waals surface area contributed by atoms with Gasteiger partial charge in [-0.1, -0.05) is 36.4 Å². The molecule has 2 aromatic carbocycles. The molecule has 0 bridgehead atoms. The monoisotopic (exact) mass is 291 g/mol. The fraction of sp³-hybridized carbons (Fsp3) is 0.333. The van der Waals surface area contributed by atoms with Gasteiger partial charge in [-0.25, -0.2) is 8.42 Å². The molecule has 0 saturated heterocycles. The number of sulfonamides is 1. The van der Waals surface area contributed by atoms with Gasteiger partial charge in [-0.05, 0) is 24.3 Å². The van der Waals surface area contributed by atoms with E-state index in [2.05, 4.69) is 0 Å². The Hall–Kier alpha value is -1.43. The van der Waals surface area contributed by atoms with Crippen LogP contribution in [-0.2, 0) is 10.0 Å². The zero-order valence-electron chi connectivity index (χ0n) is 11.1. The molecule has 0 amide bonds. The topological polar surface area (TPSA) is 57.6 Å². The van der Waals surface area contributed by atoms with E-state index in [1.54, 1.807) is 12.1 Å². The maximum absolute atomic E-state index is 12.8. The first kappa shape index (κ1) is 13.5. The number of hydrogen-bond donors (Lipinski definition) is 1. The molecular weight excluding hydrogens is 274 g/mol. The zero-order chi connectivity index (χ0) is 14.2. The zero-order valence-corrected chi connectivity index (χ0v) is 11.9. The first-order chi connectivity index (χ1) is 9.64. The lowest BCUT2D eigenvalue weighted by atomic mass is 10.1. The van der Waals surface area contributed by atoms with Gasteiger partial charge >= 0.3 is 0 Å². The molecule has 1 saturated carbocycles. The van der Waals surface area contributed by atoms with Crippen molar-refractivity contribution in [1.29, 1.82) is 0 Å². The van der Waals surface area contributed by atoms with Gasteiger partial charge in [0.05, 0.1) is 11.5 Å². The lowest BCUT2D eigenvalue weighted by Crippen LogP contribution is -2.35. The van der Waals surface area contributed by atoms with Crippen LogP contribution in [0.3, 0.4) is 0 Å². The summed E-state index contributed by atoms with van der Waals surface area (Å²) < 4.78 is 27.1. The third-order valence-corrected chi connectivity index (χ3v) is 5.62. The van der Waals surface area contributed by atoms with Crippen molar-refractivity contribution < 1.29 is 13.5 Å². The van der Waals surface area contributed by atoms with Crippen molar-refractivity contribution in [2.24, 2.45) is 0 Å². The minimum absolute atomic E-state index is 0.0473. The van der Waals surface area contributed by atoms with Crippen LogP contribution < -0.4 is 0 Å². The van der Waals surface area contributed by atoms with E-state index in [0.717, 1.165) is 23.6 Å². The van der Waals surface area contributed by atoms with Crippen molar-refractivity contribution >= 4 is 20.8 Å². The van der Waals surface area contributed by atoms with Crippen LogP contribution >= 0.6 is 0 Å². The van der Waals surface area contributed by atoms with Crippen molar-refractivity contribution in [2.45, 2.75) is 23.8 Å². The normalized spacial score (nSPS) is 15.9. The van der Waals surface area contributed by atoms with Crippen molar-refractivity contribution in [3.63, 3.8) is 0 Å². The summed E-state index contributed by atoms with van der Waals surface area (Å²) in [7, 11) is -3.55. The van der Waals surface area contributed by atoms with Gasteiger partial charge in [0.2, 0.25) is 10.0 Å². The summed E-state index contributed by atoms with van der Waals surface area (Å²) in [6.07, 6.45) is 1.76. The maximum atomic E-state index is 12.8.